The van der Waals surface area contributed by atoms with Crippen molar-refractivity contribution in [2.45, 2.75) is 79.3 Å². The zero-order chi connectivity index (χ0) is 66.0. The molecule has 4 aliphatic rings. The van der Waals surface area contributed by atoms with Crippen LogP contribution in [0.3, 0.4) is 0 Å². The number of carbonyl (C=O) groups is 2. The van der Waals surface area contributed by atoms with Gasteiger partial charge in [0.05, 0.1) is 93.1 Å². The van der Waals surface area contributed by atoms with Gasteiger partial charge in [0.25, 0.3) is 0 Å². The van der Waals surface area contributed by atoms with E-state index in [-0.39, 0.29) is 20.6 Å². The van der Waals surface area contributed by atoms with E-state index in [4.69, 9.17) is 44.2 Å². The number of fused-ring (bicyclic) bond motifs is 2. The van der Waals surface area contributed by atoms with E-state index in [9.17, 15) is 23.1 Å². The van der Waals surface area contributed by atoms with Gasteiger partial charge in [0.2, 0.25) is 6.29 Å². The van der Waals surface area contributed by atoms with E-state index in [1.807, 2.05) is 97.7 Å². The number of anilines is 7. The van der Waals surface area contributed by atoms with Crippen molar-refractivity contribution in [3.8, 4) is 34.3 Å². The molecule has 8 aromatic rings. The van der Waals surface area contributed by atoms with Crippen LogP contribution in [0.15, 0.2) is 98.4 Å². The van der Waals surface area contributed by atoms with Gasteiger partial charge in [-0.15, -0.1) is 0 Å². The number of hydrogen-bond donors (Lipinski definition) is 3. The molecule has 4 saturated heterocycles. The summed E-state index contributed by atoms with van der Waals surface area (Å²) < 4.78 is 63.9. The summed E-state index contributed by atoms with van der Waals surface area (Å²) in [5, 5.41) is 12.8. The molecule has 93 heavy (non-hydrogen) atoms. The number of aromatic nitrogens is 10. The van der Waals surface area contributed by atoms with Crippen LogP contribution < -0.4 is 35.2 Å². The third-order valence-electron chi connectivity index (χ3n) is 14.4. The minimum absolute atomic E-state index is 0. The van der Waals surface area contributed by atoms with Gasteiger partial charge in [0.1, 0.15) is 52.3 Å². The van der Waals surface area contributed by atoms with Crippen molar-refractivity contribution in [1.82, 2.24) is 58.5 Å². The number of benzene rings is 2. The number of nitrogens with two attached hydrogens (primary N) is 1. The van der Waals surface area contributed by atoms with Crippen LogP contribution in [0.5, 0.6) is 11.5 Å². The number of piperazine rings is 2. The second kappa shape index (κ2) is 35.1. The molecule has 0 atom stereocenters. The molecule has 0 saturated carbocycles. The van der Waals surface area contributed by atoms with Crippen molar-refractivity contribution < 1.29 is 61.0 Å². The molecule has 4 aliphatic heterocycles. The van der Waals surface area contributed by atoms with Gasteiger partial charge < -0.3 is 65.4 Å². The fourth-order valence-electron chi connectivity index (χ4n) is 10.1. The van der Waals surface area contributed by atoms with Gasteiger partial charge in [-0.25, -0.2) is 39.6 Å². The van der Waals surface area contributed by atoms with Crippen molar-refractivity contribution in [3.05, 3.63) is 111 Å². The summed E-state index contributed by atoms with van der Waals surface area (Å²) in [6.07, 6.45) is 11.8. The topological polar surface area (TPSA) is 267 Å². The molecule has 0 spiro atoms. The summed E-state index contributed by atoms with van der Waals surface area (Å²) in [5.74, 6) is 2.61. The number of halogens is 5. The standard InChI is InChI=1S/C32H40N8O4.C25H29N9O3.C2HF3O.C2H5.CH4.2HI.V/c1-6-15-43-28-16-23(7-8-27(28)38-13-11-37(12-14-38)24-20-42-21-24)40(31(41)44-32(3,4)5)30-29-34-9-10-39(29)19-26(36-30)25-18-33-17-22(2)35-25;26-23-13-27-12-19(30-23)20-14-34-4-3-28-25(34)24(31-20)29-17-1-2-21(22(11-17)37-10-9-35)33-7-5-32(6-8-33)18-15-36-16-18;3-2(4,5)1-6;1-2;;;;/h7-10,16-19,24H,6,11-15,20-21H2,1-5H3;1-4,11-14,18,35H,5-10,15-16H2,(H2,26,30)(H,29,31);1H;1H2,2H3;1H4;2*1H;/q;;;-1;;;;+2/p-2. The number of aliphatic hydroxyl groups excluding tert-OH is 1. The molecule has 6 aromatic heterocycles. The summed E-state index contributed by atoms with van der Waals surface area (Å²) >= 11 is 4.74. The predicted octanol–water partition coefficient (Wildman–Crippen LogP) is 10.3. The van der Waals surface area contributed by atoms with Gasteiger partial charge in [-0.1, -0.05) is 14.4 Å². The van der Waals surface area contributed by atoms with Crippen LogP contribution >= 0.6 is 40.0 Å². The number of imidazole rings is 2. The Kier molecular flexibility index (Phi) is 27.8. The molecule has 0 unspecified atom stereocenters. The van der Waals surface area contributed by atoms with Gasteiger partial charge in [-0.3, -0.25) is 24.6 Å². The van der Waals surface area contributed by atoms with Gasteiger partial charge in [-0.2, -0.15) is 20.1 Å². The Hall–Kier alpha value is -6.79. The molecule has 0 aliphatic carbocycles. The number of nitrogen functional groups attached to an aromatic ring is 1. The minimum atomic E-state index is -4.64. The average Bonchev–Trinajstić information content (AvgIpc) is 1.78. The number of carbonyl (C=O) groups excluding carboxylic acids is 2. The molecule has 10 heterocycles. The van der Waals surface area contributed by atoms with E-state index in [0.29, 0.717) is 96.9 Å². The maximum absolute atomic E-state index is 14.0. The fraction of sp³-hybridized carbons (Fsp3) is 0.435. The number of nitrogens with one attached hydrogen (secondary N) is 1. The van der Waals surface area contributed by atoms with E-state index >= 15 is 0 Å². The van der Waals surface area contributed by atoms with Crippen LogP contribution in [0.1, 0.15) is 54.2 Å². The molecule has 0 radical (unpaired) electrons. The molecule has 31 heteroatoms. The third kappa shape index (κ3) is 20.1. The van der Waals surface area contributed by atoms with Crippen LogP contribution in [0.4, 0.5) is 58.2 Å². The van der Waals surface area contributed by atoms with Gasteiger partial charge in [-0.05, 0) is 58.4 Å². The van der Waals surface area contributed by atoms with Crippen molar-refractivity contribution in [1.29, 1.82) is 0 Å². The Bertz CT molecular complexity index is 3680. The molecule has 25 nitrogen and oxygen atoms in total. The number of amides is 1. The van der Waals surface area contributed by atoms with Gasteiger partial charge >= 0.3 is 61.7 Å². The zero-order valence-electron chi connectivity index (χ0n) is 51.9. The fourth-order valence-corrected chi connectivity index (χ4v) is 10.1. The number of hydrogen-bond acceptors (Lipinski definition) is 22. The van der Waals surface area contributed by atoms with Crippen molar-refractivity contribution in [2.24, 2.45) is 0 Å². The summed E-state index contributed by atoms with van der Waals surface area (Å²) in [4.78, 5) is 69.9. The van der Waals surface area contributed by atoms with E-state index < -0.39 is 24.2 Å². The molecular formula is C62H79F3I2N17O8V-. The van der Waals surface area contributed by atoms with Gasteiger partial charge in [0, 0.05) is 114 Å². The van der Waals surface area contributed by atoms with Crippen LogP contribution in [-0.4, -0.2) is 198 Å². The maximum atomic E-state index is 14.0. The Labute approximate surface area is 568 Å². The Balaban J connectivity index is 0.000000228. The number of aryl methyl sites for hydroxylation is 1. The third-order valence-corrected chi connectivity index (χ3v) is 14.4. The van der Waals surface area contributed by atoms with Crippen molar-refractivity contribution >= 4 is 104 Å². The van der Waals surface area contributed by atoms with E-state index in [1.54, 1.807) is 37.9 Å². The molecule has 1 amide bonds. The molecule has 4 N–H and O–H groups in total. The average molecular weight is 1550 g/mol. The number of nitrogens with zero attached hydrogens (tertiary/aromatic N) is 15. The Morgan fingerprint density at radius 2 is 1.28 bits per heavy atom. The normalized spacial score (nSPS) is 15.2. The number of aliphatic hydroxyl groups is 1. The van der Waals surface area contributed by atoms with Crippen LogP contribution in [-0.2, 0) is 28.5 Å². The second-order valence-corrected chi connectivity index (χ2v) is 33.8. The first-order chi connectivity index (χ1) is 44.3. The summed E-state index contributed by atoms with van der Waals surface area (Å²) in [7, 11) is 0.628. The number of ether oxygens (including phenoxy) is 5. The molecule has 2 aromatic carbocycles. The molecular weight excluding hydrogens is 1470 g/mol. The summed E-state index contributed by atoms with van der Waals surface area (Å²) in [6, 6.07) is 12.9. The monoisotopic (exact) mass is 1550 g/mol. The van der Waals surface area contributed by atoms with Crippen LogP contribution in [0.25, 0.3) is 34.1 Å². The SMILES string of the molecule is C.CCCOc1cc(N(C(=O)OC(C)(C)C)c2nc(-c3cncc(C)n3)cn3ccnc23)ccc1N1CCN(C2COC2)CC1.Nc1cncc(-c2cn3ccnc3c(Nc3ccc(N4CCN(C5COC5)CC4)c(OCCO)c3)n2)n1.O=CC(F)(F)F.[CH2-]C.[I][V][I]. The van der Waals surface area contributed by atoms with Crippen molar-refractivity contribution in [2.75, 3.05) is 124 Å². The first-order valence-electron chi connectivity index (χ1n) is 29.6. The number of alkyl halides is 3. The predicted molar refractivity (Wildman–Crippen MR) is 365 cm³/mol. The Morgan fingerprint density at radius 1 is 0.763 bits per heavy atom. The molecule has 0 bridgehead atoms. The molecule has 4 fully saturated rings. The van der Waals surface area contributed by atoms with E-state index in [0.717, 1.165) is 108 Å². The van der Waals surface area contributed by atoms with Crippen LogP contribution in [0, 0.1) is 13.8 Å². The second-order valence-electron chi connectivity index (χ2n) is 22.0. The van der Waals surface area contributed by atoms with Crippen molar-refractivity contribution in [3.63, 3.8) is 0 Å². The van der Waals surface area contributed by atoms with E-state index in [1.165, 1.54) is 11.1 Å². The van der Waals surface area contributed by atoms with E-state index in [2.05, 4.69) is 109 Å². The number of aldehydes is 1. The van der Waals surface area contributed by atoms with Crippen LogP contribution in [0.2, 0.25) is 0 Å². The first-order valence-corrected chi connectivity index (χ1v) is 38.7. The quantitative estimate of drug-likeness (QED) is 0.0461. The molecule has 12 rings (SSSR count). The Morgan fingerprint density at radius 3 is 1.80 bits per heavy atom. The first kappa shape index (κ1) is 73.6. The molecule has 501 valence electrons. The number of rotatable bonds is 16. The van der Waals surface area contributed by atoms with Gasteiger partial charge in [0.15, 0.2) is 22.9 Å². The summed E-state index contributed by atoms with van der Waals surface area (Å²) in [6.45, 7) is 25.9. The summed E-state index contributed by atoms with van der Waals surface area (Å²) in [5.41, 5.74) is 12.7. The zero-order valence-corrected chi connectivity index (χ0v) is 57.6.